The van der Waals surface area contributed by atoms with Crippen molar-refractivity contribution in [2.45, 2.75) is 29.7 Å². The van der Waals surface area contributed by atoms with Crippen LogP contribution in [0, 0.1) is 12.7 Å². The molecule has 0 bridgehead atoms. The Morgan fingerprint density at radius 2 is 1.71 bits per heavy atom. The number of halogens is 1. The molecular formula is C37H30FN3O5S2. The lowest BCUT2D eigenvalue weighted by Crippen LogP contribution is -2.29. The van der Waals surface area contributed by atoms with Crippen LogP contribution in [0.5, 0.6) is 11.5 Å². The number of aliphatic hydroxyl groups is 1. The second kappa shape index (κ2) is 14.7. The summed E-state index contributed by atoms with van der Waals surface area (Å²) < 4.78 is 26.2. The van der Waals surface area contributed by atoms with Crippen molar-refractivity contribution < 1.29 is 28.6 Å². The van der Waals surface area contributed by atoms with Gasteiger partial charge in [-0.15, -0.1) is 10.2 Å². The van der Waals surface area contributed by atoms with Crippen LogP contribution in [0.15, 0.2) is 120 Å². The Balaban J connectivity index is 1.31. The van der Waals surface area contributed by atoms with Crippen LogP contribution in [0.4, 0.5) is 9.52 Å². The average Bonchev–Trinajstić information content (AvgIpc) is 3.67. The maximum absolute atomic E-state index is 14.2. The van der Waals surface area contributed by atoms with E-state index < -0.39 is 17.7 Å². The van der Waals surface area contributed by atoms with Gasteiger partial charge < -0.3 is 14.6 Å². The number of aromatic nitrogens is 2. The van der Waals surface area contributed by atoms with Gasteiger partial charge in [0.1, 0.15) is 36.3 Å². The molecule has 1 amide bonds. The number of carbonyl (C=O) groups excluding carboxylic acids is 2. The summed E-state index contributed by atoms with van der Waals surface area (Å²) in [6.45, 7) is 6.35. The van der Waals surface area contributed by atoms with Gasteiger partial charge in [0, 0.05) is 11.3 Å². The van der Waals surface area contributed by atoms with E-state index in [9.17, 15) is 19.1 Å². The van der Waals surface area contributed by atoms with Gasteiger partial charge in [0.15, 0.2) is 4.34 Å². The molecule has 48 heavy (non-hydrogen) atoms. The number of amides is 1. The topological polar surface area (TPSA) is 102 Å². The Morgan fingerprint density at radius 3 is 2.44 bits per heavy atom. The van der Waals surface area contributed by atoms with Gasteiger partial charge in [-0.1, -0.05) is 95.9 Å². The molecule has 1 aliphatic heterocycles. The number of ether oxygens (including phenoxy) is 2. The van der Waals surface area contributed by atoms with E-state index in [4.69, 9.17) is 9.47 Å². The first-order valence-corrected chi connectivity index (χ1v) is 16.8. The van der Waals surface area contributed by atoms with Gasteiger partial charge in [-0.3, -0.25) is 14.5 Å². The molecular weight excluding hydrogens is 650 g/mol. The Kier molecular flexibility index (Phi) is 9.98. The number of hydrogen-bond acceptors (Lipinski definition) is 9. The van der Waals surface area contributed by atoms with Gasteiger partial charge in [-0.25, -0.2) is 4.39 Å². The van der Waals surface area contributed by atoms with Crippen LogP contribution in [-0.4, -0.2) is 33.6 Å². The third-order valence-electron chi connectivity index (χ3n) is 7.53. The van der Waals surface area contributed by atoms with Crippen molar-refractivity contribution in [1.29, 1.82) is 0 Å². The van der Waals surface area contributed by atoms with Crippen molar-refractivity contribution in [2.75, 3.05) is 11.5 Å². The van der Waals surface area contributed by atoms with E-state index in [2.05, 4.69) is 16.8 Å². The highest BCUT2D eigenvalue weighted by Gasteiger charge is 2.48. The minimum atomic E-state index is -1.01. The Bertz CT molecular complexity index is 1990. The maximum atomic E-state index is 14.2. The number of hydrogen-bond donors (Lipinski definition) is 1. The first-order chi connectivity index (χ1) is 23.3. The van der Waals surface area contributed by atoms with Crippen molar-refractivity contribution in [3.05, 3.63) is 149 Å². The zero-order valence-electron chi connectivity index (χ0n) is 25.8. The third kappa shape index (κ3) is 7.17. The van der Waals surface area contributed by atoms with Gasteiger partial charge in [0.25, 0.3) is 5.78 Å². The van der Waals surface area contributed by atoms with E-state index in [1.807, 2.05) is 31.2 Å². The second-order valence-electron chi connectivity index (χ2n) is 10.9. The van der Waals surface area contributed by atoms with Crippen LogP contribution in [-0.2, 0) is 21.9 Å². The fraction of sp³-hybridized carbons (Fsp3) is 0.135. The first kappa shape index (κ1) is 32.7. The van der Waals surface area contributed by atoms with Crippen LogP contribution in [0.3, 0.4) is 0 Å². The lowest BCUT2D eigenvalue weighted by molar-refractivity contribution is -0.132. The normalized spacial score (nSPS) is 15.5. The molecule has 5 aromatic rings. The highest BCUT2D eigenvalue weighted by molar-refractivity contribution is 8.00. The van der Waals surface area contributed by atoms with Crippen molar-refractivity contribution in [3.63, 3.8) is 0 Å². The van der Waals surface area contributed by atoms with Gasteiger partial charge in [0.2, 0.25) is 5.13 Å². The largest absolute Gasteiger partial charge is 0.507 e. The number of ketones is 1. The van der Waals surface area contributed by atoms with Crippen LogP contribution in [0.2, 0.25) is 0 Å². The molecule has 1 aromatic heterocycles. The Labute approximate surface area is 285 Å². The summed E-state index contributed by atoms with van der Waals surface area (Å²) in [5, 5.41) is 20.2. The van der Waals surface area contributed by atoms with E-state index in [1.54, 1.807) is 72.8 Å². The third-order valence-corrected chi connectivity index (χ3v) is 9.64. The summed E-state index contributed by atoms with van der Waals surface area (Å²) >= 11 is 2.37. The van der Waals surface area contributed by atoms with Crippen LogP contribution >= 0.6 is 23.1 Å². The standard InChI is InChI=1S/C37H30FN3O5S2/c1-3-19-45-28-15-11-25(12-16-28)32-31(33(42)26-13-17-29(18-14-26)46-21-24-8-6-7-23(2)20-24)34(43)35(44)41(32)36-39-40-37(48-36)47-22-27-9-4-5-10-30(27)38/h3-18,20,32,42H,1,19,21-22H2,2H3/b33-31+. The van der Waals surface area contributed by atoms with Gasteiger partial charge in [-0.2, -0.15) is 0 Å². The van der Waals surface area contributed by atoms with Crippen LogP contribution < -0.4 is 14.4 Å². The molecule has 1 unspecified atom stereocenters. The molecule has 1 N–H and O–H groups in total. The molecule has 0 aliphatic carbocycles. The second-order valence-corrected chi connectivity index (χ2v) is 13.0. The fourth-order valence-electron chi connectivity index (χ4n) is 5.19. The number of carbonyl (C=O) groups is 2. The first-order valence-electron chi connectivity index (χ1n) is 15.0. The summed E-state index contributed by atoms with van der Waals surface area (Å²) in [6.07, 6.45) is 1.62. The molecule has 1 fully saturated rings. The number of benzene rings is 4. The summed E-state index contributed by atoms with van der Waals surface area (Å²) in [5.74, 6) is -0.925. The zero-order valence-corrected chi connectivity index (χ0v) is 27.5. The predicted octanol–water partition coefficient (Wildman–Crippen LogP) is 8.05. The maximum Gasteiger partial charge on any atom is 0.301 e. The Morgan fingerprint density at radius 1 is 0.979 bits per heavy atom. The van der Waals surface area contributed by atoms with Crippen molar-refractivity contribution in [3.8, 4) is 11.5 Å². The molecule has 1 atom stereocenters. The molecule has 0 radical (unpaired) electrons. The van der Waals surface area contributed by atoms with Crippen molar-refractivity contribution in [1.82, 2.24) is 10.2 Å². The Hall–Kier alpha value is -5.26. The molecule has 0 spiro atoms. The fourth-order valence-corrected chi connectivity index (χ4v) is 7.05. The van der Waals surface area contributed by atoms with Crippen LogP contribution in [0.1, 0.15) is 33.9 Å². The number of aliphatic hydroxyl groups excluding tert-OH is 1. The molecule has 2 heterocycles. The van der Waals surface area contributed by atoms with E-state index >= 15 is 0 Å². The molecule has 11 heteroatoms. The lowest BCUT2D eigenvalue weighted by Gasteiger charge is -2.22. The van der Waals surface area contributed by atoms with E-state index in [0.717, 1.165) is 22.5 Å². The highest BCUT2D eigenvalue weighted by atomic mass is 32.2. The predicted molar refractivity (Wildman–Crippen MR) is 185 cm³/mol. The minimum absolute atomic E-state index is 0.0936. The number of anilines is 1. The number of nitrogens with zero attached hydrogens (tertiary/aromatic N) is 3. The summed E-state index contributed by atoms with van der Waals surface area (Å²) in [5.41, 5.74) is 3.45. The minimum Gasteiger partial charge on any atom is -0.507 e. The quantitative estimate of drug-likeness (QED) is 0.0353. The summed E-state index contributed by atoms with van der Waals surface area (Å²) in [7, 11) is 0. The molecule has 242 valence electrons. The smallest absolute Gasteiger partial charge is 0.301 e. The SMILES string of the molecule is C=CCOc1ccc(C2/C(=C(\O)c3ccc(OCc4cccc(C)c4)cc3)C(=O)C(=O)N2c2nnc(SCc3ccccc3F)s2)cc1. The summed E-state index contributed by atoms with van der Waals surface area (Å²) in [4.78, 5) is 28.5. The molecule has 0 saturated carbocycles. The number of aryl methyl sites for hydroxylation is 1. The number of thioether (sulfide) groups is 1. The lowest BCUT2D eigenvalue weighted by atomic mass is 9.95. The average molecular weight is 680 g/mol. The van der Waals surface area contributed by atoms with Gasteiger partial charge in [0.05, 0.1) is 11.6 Å². The van der Waals surface area contributed by atoms with E-state index in [1.165, 1.54) is 22.7 Å². The highest BCUT2D eigenvalue weighted by Crippen LogP contribution is 2.44. The van der Waals surface area contributed by atoms with Crippen LogP contribution in [0.25, 0.3) is 5.76 Å². The zero-order chi connectivity index (χ0) is 33.6. The van der Waals surface area contributed by atoms with Gasteiger partial charge in [-0.05, 0) is 66.1 Å². The molecule has 4 aromatic carbocycles. The number of Topliss-reactive ketones (excluding diaryl/α,β-unsaturated/α-hetero) is 1. The van der Waals surface area contributed by atoms with Crippen molar-refractivity contribution in [2.24, 2.45) is 0 Å². The van der Waals surface area contributed by atoms with Crippen molar-refractivity contribution >= 4 is 45.7 Å². The molecule has 8 nitrogen and oxygen atoms in total. The molecule has 6 rings (SSSR count). The molecule has 1 saturated heterocycles. The molecule has 1 aliphatic rings. The monoisotopic (exact) mass is 679 g/mol. The number of rotatable bonds is 12. The summed E-state index contributed by atoms with van der Waals surface area (Å²) in [6, 6.07) is 27.0. The van der Waals surface area contributed by atoms with E-state index in [-0.39, 0.29) is 22.3 Å². The van der Waals surface area contributed by atoms with Gasteiger partial charge >= 0.3 is 5.91 Å². The van der Waals surface area contributed by atoms with E-state index in [0.29, 0.717) is 51.5 Å².